The summed E-state index contributed by atoms with van der Waals surface area (Å²) in [5.74, 6) is 0.856. The van der Waals surface area contributed by atoms with Crippen LogP contribution >= 0.6 is 15.9 Å². The number of ether oxygens (including phenoxy) is 1. The standard InChI is InChI=1S/C16H21BrN2O/c1-3-13(18)10-14-5-4-8-19(14)11-12-6-7-16(20-2)15(17)9-12/h4-9,13H,3,10-11,18H2,1-2H3. The second kappa shape index (κ2) is 6.95. The van der Waals surface area contributed by atoms with Crippen LogP contribution in [0.5, 0.6) is 5.75 Å². The summed E-state index contributed by atoms with van der Waals surface area (Å²) >= 11 is 3.53. The van der Waals surface area contributed by atoms with Crippen molar-refractivity contribution < 1.29 is 4.74 Å². The van der Waals surface area contributed by atoms with Crippen molar-refractivity contribution in [2.75, 3.05) is 7.11 Å². The third-order valence-electron chi connectivity index (χ3n) is 3.49. The number of benzene rings is 1. The maximum absolute atomic E-state index is 6.05. The molecule has 0 saturated carbocycles. The molecule has 0 aliphatic rings. The van der Waals surface area contributed by atoms with Crippen LogP contribution in [0, 0.1) is 0 Å². The zero-order valence-electron chi connectivity index (χ0n) is 12.0. The van der Waals surface area contributed by atoms with Crippen LogP contribution in [0.3, 0.4) is 0 Å². The molecule has 0 radical (unpaired) electrons. The Morgan fingerprint density at radius 2 is 2.15 bits per heavy atom. The molecule has 3 nitrogen and oxygen atoms in total. The monoisotopic (exact) mass is 336 g/mol. The Labute approximate surface area is 128 Å². The fourth-order valence-corrected chi connectivity index (χ4v) is 2.79. The van der Waals surface area contributed by atoms with Gasteiger partial charge in [0.1, 0.15) is 5.75 Å². The highest BCUT2D eigenvalue weighted by Crippen LogP contribution is 2.26. The molecule has 2 aromatic rings. The van der Waals surface area contributed by atoms with E-state index in [9.17, 15) is 0 Å². The average Bonchev–Trinajstić information content (AvgIpc) is 2.86. The van der Waals surface area contributed by atoms with E-state index < -0.39 is 0 Å². The Kier molecular flexibility index (Phi) is 5.26. The normalized spacial score (nSPS) is 12.4. The predicted octanol–water partition coefficient (Wildman–Crippen LogP) is 3.59. The van der Waals surface area contributed by atoms with Gasteiger partial charge in [-0.3, -0.25) is 0 Å². The SMILES string of the molecule is CCC(N)Cc1cccn1Cc1ccc(OC)c(Br)c1. The number of methoxy groups -OCH3 is 1. The number of aromatic nitrogens is 1. The summed E-state index contributed by atoms with van der Waals surface area (Å²) in [5.41, 5.74) is 8.57. The highest BCUT2D eigenvalue weighted by molar-refractivity contribution is 9.10. The van der Waals surface area contributed by atoms with Gasteiger partial charge in [-0.2, -0.15) is 0 Å². The highest BCUT2D eigenvalue weighted by Gasteiger charge is 2.07. The molecule has 0 amide bonds. The molecule has 0 fully saturated rings. The third-order valence-corrected chi connectivity index (χ3v) is 4.11. The van der Waals surface area contributed by atoms with Crippen LogP contribution in [0.15, 0.2) is 41.0 Å². The highest BCUT2D eigenvalue weighted by atomic mass is 79.9. The van der Waals surface area contributed by atoms with Crippen LogP contribution in [-0.2, 0) is 13.0 Å². The Morgan fingerprint density at radius 1 is 1.35 bits per heavy atom. The lowest BCUT2D eigenvalue weighted by Crippen LogP contribution is -2.23. The van der Waals surface area contributed by atoms with Crippen molar-refractivity contribution in [3.05, 3.63) is 52.3 Å². The molecule has 2 rings (SSSR count). The van der Waals surface area contributed by atoms with Gasteiger partial charge in [0.25, 0.3) is 0 Å². The van der Waals surface area contributed by atoms with Gasteiger partial charge < -0.3 is 15.0 Å². The second-order valence-corrected chi connectivity index (χ2v) is 5.82. The van der Waals surface area contributed by atoms with Crippen LogP contribution in [0.1, 0.15) is 24.6 Å². The zero-order chi connectivity index (χ0) is 14.5. The van der Waals surface area contributed by atoms with Crippen LogP contribution < -0.4 is 10.5 Å². The summed E-state index contributed by atoms with van der Waals surface area (Å²) in [4.78, 5) is 0. The van der Waals surface area contributed by atoms with E-state index >= 15 is 0 Å². The van der Waals surface area contributed by atoms with Crippen molar-refractivity contribution in [1.82, 2.24) is 4.57 Å². The van der Waals surface area contributed by atoms with E-state index in [4.69, 9.17) is 10.5 Å². The molecule has 4 heteroatoms. The van der Waals surface area contributed by atoms with Gasteiger partial charge in [-0.25, -0.2) is 0 Å². The first-order chi connectivity index (χ1) is 9.63. The fourth-order valence-electron chi connectivity index (χ4n) is 2.21. The van der Waals surface area contributed by atoms with E-state index in [0.717, 1.165) is 29.6 Å². The van der Waals surface area contributed by atoms with Crippen molar-refractivity contribution in [2.45, 2.75) is 32.4 Å². The Balaban J connectivity index is 2.14. The van der Waals surface area contributed by atoms with Crippen molar-refractivity contribution in [3.63, 3.8) is 0 Å². The first-order valence-corrected chi connectivity index (χ1v) is 7.65. The van der Waals surface area contributed by atoms with E-state index in [-0.39, 0.29) is 6.04 Å². The molecule has 0 aliphatic heterocycles. The number of halogens is 1. The molecule has 0 bridgehead atoms. The Bertz CT molecular complexity index is 565. The summed E-state index contributed by atoms with van der Waals surface area (Å²) < 4.78 is 8.49. The second-order valence-electron chi connectivity index (χ2n) is 4.97. The molecule has 1 unspecified atom stereocenters. The minimum atomic E-state index is 0.228. The van der Waals surface area contributed by atoms with Gasteiger partial charge in [0.15, 0.2) is 0 Å². The molecule has 1 atom stereocenters. The lowest BCUT2D eigenvalue weighted by molar-refractivity contribution is 0.412. The largest absolute Gasteiger partial charge is 0.496 e. The number of hydrogen-bond acceptors (Lipinski definition) is 2. The first kappa shape index (κ1) is 15.1. The van der Waals surface area contributed by atoms with Crippen molar-refractivity contribution in [1.29, 1.82) is 0 Å². The molecule has 20 heavy (non-hydrogen) atoms. The molecule has 1 aromatic heterocycles. The van der Waals surface area contributed by atoms with Crippen molar-refractivity contribution >= 4 is 15.9 Å². The van der Waals surface area contributed by atoms with Gasteiger partial charge in [0.2, 0.25) is 0 Å². The van der Waals surface area contributed by atoms with Crippen LogP contribution in [-0.4, -0.2) is 17.7 Å². The fraction of sp³-hybridized carbons (Fsp3) is 0.375. The third kappa shape index (κ3) is 3.64. The average molecular weight is 337 g/mol. The quantitative estimate of drug-likeness (QED) is 0.875. The van der Waals surface area contributed by atoms with Crippen molar-refractivity contribution in [3.8, 4) is 5.75 Å². The topological polar surface area (TPSA) is 40.2 Å². The minimum Gasteiger partial charge on any atom is -0.496 e. The molecule has 0 spiro atoms. The summed E-state index contributed by atoms with van der Waals surface area (Å²) in [6.07, 6.45) is 4.02. The molecular weight excluding hydrogens is 316 g/mol. The van der Waals surface area contributed by atoms with E-state index in [1.165, 1.54) is 11.3 Å². The molecule has 2 N–H and O–H groups in total. The molecule has 1 heterocycles. The Morgan fingerprint density at radius 3 is 2.80 bits per heavy atom. The summed E-state index contributed by atoms with van der Waals surface area (Å²) in [5, 5.41) is 0. The lowest BCUT2D eigenvalue weighted by atomic mass is 10.1. The Hall–Kier alpha value is -1.26. The van der Waals surface area contributed by atoms with Gasteiger partial charge in [0.05, 0.1) is 11.6 Å². The maximum atomic E-state index is 6.05. The minimum absolute atomic E-state index is 0.228. The molecule has 0 saturated heterocycles. The van der Waals surface area contributed by atoms with Gasteiger partial charge >= 0.3 is 0 Å². The molecule has 1 aromatic carbocycles. The van der Waals surface area contributed by atoms with Gasteiger partial charge in [-0.15, -0.1) is 0 Å². The predicted molar refractivity (Wildman–Crippen MR) is 86.2 cm³/mol. The van der Waals surface area contributed by atoms with Gasteiger partial charge in [-0.05, 0) is 52.2 Å². The van der Waals surface area contributed by atoms with Crippen LogP contribution in [0.2, 0.25) is 0 Å². The molecular formula is C16H21BrN2O. The van der Waals surface area contributed by atoms with E-state index in [1.807, 2.05) is 6.07 Å². The van der Waals surface area contributed by atoms with E-state index in [1.54, 1.807) is 7.11 Å². The number of hydrogen-bond donors (Lipinski definition) is 1. The van der Waals surface area contributed by atoms with E-state index in [0.29, 0.717) is 0 Å². The van der Waals surface area contributed by atoms with Crippen LogP contribution in [0.4, 0.5) is 0 Å². The van der Waals surface area contributed by atoms with Crippen molar-refractivity contribution in [2.24, 2.45) is 5.73 Å². The molecule has 0 aliphatic carbocycles. The summed E-state index contributed by atoms with van der Waals surface area (Å²) in [6, 6.07) is 10.6. The lowest BCUT2D eigenvalue weighted by Gasteiger charge is -2.13. The summed E-state index contributed by atoms with van der Waals surface area (Å²) in [6.45, 7) is 2.97. The number of rotatable bonds is 6. The number of nitrogens with two attached hydrogens (primary N) is 1. The number of nitrogens with zero attached hydrogens (tertiary/aromatic N) is 1. The zero-order valence-corrected chi connectivity index (χ0v) is 13.6. The first-order valence-electron chi connectivity index (χ1n) is 6.86. The maximum Gasteiger partial charge on any atom is 0.133 e. The van der Waals surface area contributed by atoms with Gasteiger partial charge in [-0.1, -0.05) is 13.0 Å². The summed E-state index contributed by atoms with van der Waals surface area (Å²) in [7, 11) is 1.68. The van der Waals surface area contributed by atoms with Crippen LogP contribution in [0.25, 0.3) is 0 Å². The molecule has 108 valence electrons. The van der Waals surface area contributed by atoms with Gasteiger partial charge in [0, 0.05) is 30.9 Å². The smallest absolute Gasteiger partial charge is 0.133 e. The van der Waals surface area contributed by atoms with E-state index in [2.05, 4.69) is 57.9 Å².